The standard InChI is InChI=1S/C28H28Br2N4O2S2/c1-37-27(25-15-24(29)26(30)34(25)20-36-18-22-11-7-4-8-12-22)31-14-13-23-16-33(28(32-23)38-2)19-35-17-21-9-5-3-6-10-21/h3-16H,17-20H2,1-2H3/b14-13-,31-27?. The summed E-state index contributed by atoms with van der Waals surface area (Å²) in [6.45, 7) is 1.91. The number of halogens is 2. The van der Waals surface area contributed by atoms with E-state index in [1.165, 1.54) is 0 Å². The van der Waals surface area contributed by atoms with Crippen molar-refractivity contribution in [3.63, 3.8) is 0 Å². The van der Waals surface area contributed by atoms with E-state index in [0.717, 1.165) is 41.8 Å². The van der Waals surface area contributed by atoms with Crippen LogP contribution in [0, 0.1) is 0 Å². The Kier molecular flexibility index (Phi) is 11.3. The van der Waals surface area contributed by atoms with Gasteiger partial charge in [-0.05, 0) is 67.6 Å². The van der Waals surface area contributed by atoms with Gasteiger partial charge in [-0.25, -0.2) is 9.98 Å². The van der Waals surface area contributed by atoms with E-state index in [9.17, 15) is 0 Å². The van der Waals surface area contributed by atoms with Gasteiger partial charge in [-0.3, -0.25) is 0 Å². The van der Waals surface area contributed by atoms with Crippen molar-refractivity contribution in [1.29, 1.82) is 0 Å². The quantitative estimate of drug-likeness (QED) is 0.0864. The first-order valence-corrected chi connectivity index (χ1v) is 15.8. The molecule has 38 heavy (non-hydrogen) atoms. The zero-order valence-electron chi connectivity index (χ0n) is 21.1. The molecule has 0 aliphatic rings. The van der Waals surface area contributed by atoms with Gasteiger partial charge in [0.1, 0.15) is 23.1 Å². The Bertz CT molecular complexity index is 1370. The molecule has 0 radical (unpaired) electrons. The Morgan fingerprint density at radius 1 is 0.947 bits per heavy atom. The number of ether oxygens (including phenoxy) is 2. The smallest absolute Gasteiger partial charge is 0.170 e. The monoisotopic (exact) mass is 674 g/mol. The van der Waals surface area contributed by atoms with Crippen molar-refractivity contribution in [1.82, 2.24) is 14.1 Å². The number of hydrogen-bond donors (Lipinski definition) is 0. The van der Waals surface area contributed by atoms with Crippen LogP contribution < -0.4 is 0 Å². The highest BCUT2D eigenvalue weighted by molar-refractivity contribution is 9.13. The predicted octanol–water partition coefficient (Wildman–Crippen LogP) is 8.06. The van der Waals surface area contributed by atoms with E-state index in [-0.39, 0.29) is 0 Å². The highest BCUT2D eigenvalue weighted by Gasteiger charge is 2.16. The molecule has 2 aromatic carbocycles. The molecular weight excluding hydrogens is 648 g/mol. The summed E-state index contributed by atoms with van der Waals surface area (Å²) in [6, 6.07) is 22.3. The minimum Gasteiger partial charge on any atom is -0.356 e. The number of rotatable bonds is 12. The fraction of sp³-hybridized carbons (Fsp3) is 0.214. The SMILES string of the molecule is CSC(=N/C=C\c1cn(COCc2ccccc2)c(SC)n1)c1cc(Br)c(Br)n1COCc1ccccc1. The van der Waals surface area contributed by atoms with Crippen LogP contribution in [0.25, 0.3) is 6.08 Å². The van der Waals surface area contributed by atoms with Crippen molar-refractivity contribution in [2.75, 3.05) is 12.5 Å². The molecule has 0 aliphatic carbocycles. The van der Waals surface area contributed by atoms with E-state index in [0.29, 0.717) is 26.7 Å². The summed E-state index contributed by atoms with van der Waals surface area (Å²) in [5.74, 6) is 0. The van der Waals surface area contributed by atoms with Gasteiger partial charge in [0.2, 0.25) is 0 Å². The van der Waals surface area contributed by atoms with Gasteiger partial charge in [0.25, 0.3) is 0 Å². The Balaban J connectivity index is 1.43. The van der Waals surface area contributed by atoms with Crippen LogP contribution >= 0.6 is 55.4 Å². The average molecular weight is 676 g/mol. The third-order valence-electron chi connectivity index (χ3n) is 5.45. The van der Waals surface area contributed by atoms with Crippen LogP contribution in [0.5, 0.6) is 0 Å². The third-order valence-corrected chi connectivity index (χ3v) is 8.84. The first kappa shape index (κ1) is 28.9. The summed E-state index contributed by atoms with van der Waals surface area (Å²) in [4.78, 5) is 9.45. The molecule has 0 fully saturated rings. The molecule has 0 spiro atoms. The van der Waals surface area contributed by atoms with Crippen LogP contribution in [0.15, 0.2) is 98.4 Å². The molecule has 10 heteroatoms. The fourth-order valence-corrected chi connectivity index (χ4v) is 5.54. The van der Waals surface area contributed by atoms with Crippen molar-refractivity contribution < 1.29 is 9.47 Å². The summed E-state index contributed by atoms with van der Waals surface area (Å²) in [7, 11) is 0. The zero-order valence-corrected chi connectivity index (χ0v) is 25.9. The van der Waals surface area contributed by atoms with Crippen LogP contribution in [0.4, 0.5) is 0 Å². The van der Waals surface area contributed by atoms with Crippen LogP contribution in [0.2, 0.25) is 0 Å². The Morgan fingerprint density at radius 2 is 1.58 bits per heavy atom. The van der Waals surface area contributed by atoms with Crippen molar-refractivity contribution in [3.05, 3.63) is 111 Å². The second kappa shape index (κ2) is 14.9. The van der Waals surface area contributed by atoms with Crippen molar-refractivity contribution >= 4 is 66.5 Å². The van der Waals surface area contributed by atoms with E-state index < -0.39 is 0 Å². The minimum absolute atomic E-state index is 0.393. The fourth-order valence-electron chi connectivity index (χ4n) is 3.62. The molecule has 0 amide bonds. The van der Waals surface area contributed by atoms with E-state index in [1.807, 2.05) is 71.8 Å². The molecule has 0 bridgehead atoms. The molecule has 0 aliphatic heterocycles. The largest absolute Gasteiger partial charge is 0.356 e. The highest BCUT2D eigenvalue weighted by atomic mass is 79.9. The molecule has 0 N–H and O–H groups in total. The first-order chi connectivity index (χ1) is 18.6. The molecule has 2 aromatic heterocycles. The summed E-state index contributed by atoms with van der Waals surface area (Å²) < 4.78 is 17.8. The van der Waals surface area contributed by atoms with Gasteiger partial charge in [-0.15, -0.1) is 11.8 Å². The van der Waals surface area contributed by atoms with Crippen molar-refractivity contribution in [2.24, 2.45) is 4.99 Å². The lowest BCUT2D eigenvalue weighted by Crippen LogP contribution is -2.10. The molecule has 4 rings (SSSR count). The molecule has 6 nitrogen and oxygen atoms in total. The zero-order chi connectivity index (χ0) is 26.7. The molecule has 0 unspecified atom stereocenters. The highest BCUT2D eigenvalue weighted by Crippen LogP contribution is 2.30. The summed E-state index contributed by atoms with van der Waals surface area (Å²) in [5.41, 5.74) is 4.06. The number of imidazole rings is 1. The van der Waals surface area contributed by atoms with Gasteiger partial charge in [-0.2, -0.15) is 0 Å². The topological polar surface area (TPSA) is 53.6 Å². The summed E-state index contributed by atoms with van der Waals surface area (Å²) in [5, 5.41) is 1.76. The average Bonchev–Trinajstić information content (AvgIpc) is 3.47. The maximum absolute atomic E-state index is 6.00. The number of aromatic nitrogens is 3. The Morgan fingerprint density at radius 3 is 2.18 bits per heavy atom. The lowest BCUT2D eigenvalue weighted by atomic mass is 10.2. The van der Waals surface area contributed by atoms with Gasteiger partial charge in [0, 0.05) is 12.4 Å². The van der Waals surface area contributed by atoms with Crippen LogP contribution in [-0.2, 0) is 36.1 Å². The number of thioether (sulfide) groups is 2. The van der Waals surface area contributed by atoms with E-state index in [2.05, 4.69) is 60.7 Å². The number of nitrogens with zero attached hydrogens (tertiary/aromatic N) is 4. The van der Waals surface area contributed by atoms with Gasteiger partial charge < -0.3 is 18.6 Å². The molecule has 0 saturated carbocycles. The molecule has 198 valence electrons. The lowest BCUT2D eigenvalue weighted by molar-refractivity contribution is 0.0587. The summed E-state index contributed by atoms with van der Waals surface area (Å²) in [6.07, 6.45) is 9.71. The minimum atomic E-state index is 0.393. The number of hydrogen-bond acceptors (Lipinski definition) is 6. The van der Waals surface area contributed by atoms with E-state index in [1.54, 1.807) is 29.7 Å². The van der Waals surface area contributed by atoms with Crippen molar-refractivity contribution in [2.45, 2.75) is 31.8 Å². The second-order valence-corrected chi connectivity index (χ2v) is 11.3. The van der Waals surface area contributed by atoms with E-state index in [4.69, 9.17) is 19.5 Å². The number of benzene rings is 2. The lowest BCUT2D eigenvalue weighted by Gasteiger charge is -2.12. The summed E-state index contributed by atoms with van der Waals surface area (Å²) >= 11 is 10.5. The Labute approximate surface area is 248 Å². The van der Waals surface area contributed by atoms with Crippen LogP contribution in [0.3, 0.4) is 0 Å². The van der Waals surface area contributed by atoms with Gasteiger partial charge >= 0.3 is 0 Å². The maximum atomic E-state index is 6.00. The molecule has 4 aromatic rings. The van der Waals surface area contributed by atoms with Gasteiger partial charge in [-0.1, -0.05) is 72.4 Å². The molecule has 0 atom stereocenters. The molecule has 2 heterocycles. The van der Waals surface area contributed by atoms with Crippen molar-refractivity contribution in [3.8, 4) is 0 Å². The first-order valence-electron chi connectivity index (χ1n) is 11.8. The number of aliphatic imine (C=N–C) groups is 1. The second-order valence-electron chi connectivity index (χ2n) is 8.10. The molecule has 0 saturated heterocycles. The Hall–Kier alpha value is -2.08. The van der Waals surface area contributed by atoms with Gasteiger partial charge in [0.15, 0.2) is 5.16 Å². The van der Waals surface area contributed by atoms with Crippen LogP contribution in [0.1, 0.15) is 22.5 Å². The third kappa shape index (κ3) is 7.97. The van der Waals surface area contributed by atoms with E-state index >= 15 is 0 Å². The maximum Gasteiger partial charge on any atom is 0.170 e. The normalized spacial score (nSPS) is 12.1. The predicted molar refractivity (Wildman–Crippen MR) is 165 cm³/mol. The molecular formula is C28H28Br2N4O2S2. The van der Waals surface area contributed by atoms with Gasteiger partial charge in [0.05, 0.1) is 29.1 Å². The van der Waals surface area contributed by atoms with Crippen LogP contribution in [-0.4, -0.2) is 31.7 Å².